The van der Waals surface area contributed by atoms with Crippen molar-refractivity contribution in [1.29, 1.82) is 0 Å². The summed E-state index contributed by atoms with van der Waals surface area (Å²) in [5.74, 6) is 1.72. The van der Waals surface area contributed by atoms with Gasteiger partial charge in [0.25, 0.3) is 0 Å². The third-order valence-corrected chi connectivity index (χ3v) is 3.98. The first kappa shape index (κ1) is 14.2. The van der Waals surface area contributed by atoms with E-state index in [1.165, 1.54) is 12.0 Å². The monoisotopic (exact) mass is 285 g/mol. The fourth-order valence-electron chi connectivity index (χ4n) is 3.09. The zero-order valence-electron chi connectivity index (χ0n) is 12.8. The van der Waals surface area contributed by atoms with E-state index in [1.54, 1.807) is 0 Å². The van der Waals surface area contributed by atoms with Crippen LogP contribution >= 0.6 is 0 Å². The van der Waals surface area contributed by atoms with Crippen LogP contribution in [0.5, 0.6) is 0 Å². The minimum Gasteiger partial charge on any atom is -0.316 e. The molecule has 1 aliphatic heterocycles. The van der Waals surface area contributed by atoms with Crippen molar-refractivity contribution in [2.24, 2.45) is 5.92 Å². The second kappa shape index (κ2) is 6.35. The van der Waals surface area contributed by atoms with Gasteiger partial charge in [0.15, 0.2) is 0 Å². The van der Waals surface area contributed by atoms with Crippen LogP contribution in [-0.2, 0) is 13.1 Å². The van der Waals surface area contributed by atoms with E-state index in [-0.39, 0.29) is 0 Å². The van der Waals surface area contributed by atoms with Gasteiger partial charge in [0.2, 0.25) is 0 Å². The lowest BCUT2D eigenvalue weighted by atomic mass is 10.1. The lowest BCUT2D eigenvalue weighted by Crippen LogP contribution is -2.25. The van der Waals surface area contributed by atoms with Gasteiger partial charge in [0.05, 0.1) is 6.04 Å². The topological polar surface area (TPSA) is 46.8 Å². The van der Waals surface area contributed by atoms with Crippen molar-refractivity contribution in [3.8, 4) is 0 Å². The van der Waals surface area contributed by atoms with Crippen molar-refractivity contribution < 1.29 is 0 Å². The first-order valence-corrected chi connectivity index (χ1v) is 7.74. The third kappa shape index (κ3) is 3.29. The predicted octanol–water partition coefficient (Wildman–Crippen LogP) is 2.67. The Morgan fingerprint density at radius 2 is 2.29 bits per heavy atom. The summed E-state index contributed by atoms with van der Waals surface area (Å²) in [5, 5.41) is 8.53. The molecule has 1 atom stereocenters. The van der Waals surface area contributed by atoms with Gasteiger partial charge in [-0.05, 0) is 36.9 Å². The normalized spacial score (nSPS) is 19.5. The molecule has 0 spiro atoms. The molecular formula is C16H23N5. The van der Waals surface area contributed by atoms with Gasteiger partial charge < -0.3 is 4.57 Å². The van der Waals surface area contributed by atoms with Crippen LogP contribution in [0.1, 0.15) is 44.1 Å². The van der Waals surface area contributed by atoms with Crippen LogP contribution in [0.4, 0.5) is 0 Å². The summed E-state index contributed by atoms with van der Waals surface area (Å²) in [6.07, 6.45) is 8.03. The zero-order valence-corrected chi connectivity index (χ0v) is 12.8. The van der Waals surface area contributed by atoms with Crippen molar-refractivity contribution in [3.05, 3.63) is 42.2 Å². The van der Waals surface area contributed by atoms with Crippen LogP contribution in [0.25, 0.3) is 0 Å². The van der Waals surface area contributed by atoms with Crippen molar-refractivity contribution >= 4 is 0 Å². The minimum absolute atomic E-state index is 0.381. The molecule has 0 aliphatic carbocycles. The minimum atomic E-state index is 0.381. The summed E-state index contributed by atoms with van der Waals surface area (Å²) in [4.78, 5) is 6.71. The van der Waals surface area contributed by atoms with Gasteiger partial charge in [-0.3, -0.25) is 9.88 Å². The summed E-state index contributed by atoms with van der Waals surface area (Å²) < 4.78 is 2.22. The van der Waals surface area contributed by atoms with Gasteiger partial charge in [0.1, 0.15) is 12.2 Å². The van der Waals surface area contributed by atoms with E-state index in [4.69, 9.17) is 0 Å². The number of aromatic nitrogens is 4. The molecule has 5 nitrogen and oxygen atoms in total. The van der Waals surface area contributed by atoms with Crippen LogP contribution < -0.4 is 0 Å². The second-order valence-corrected chi connectivity index (χ2v) is 6.23. The molecule has 2 aromatic rings. The molecule has 3 heterocycles. The Morgan fingerprint density at radius 3 is 3.05 bits per heavy atom. The molecule has 0 bridgehead atoms. The number of hydrogen-bond donors (Lipinski definition) is 0. The highest BCUT2D eigenvalue weighted by Crippen LogP contribution is 2.32. The SMILES string of the molecule is CC(C)Cn1cnnc1[C@@H]1CCCN1Cc1cccnc1. The molecule has 5 heteroatoms. The highest BCUT2D eigenvalue weighted by molar-refractivity contribution is 5.10. The molecule has 0 unspecified atom stereocenters. The lowest BCUT2D eigenvalue weighted by molar-refractivity contribution is 0.232. The number of hydrogen-bond acceptors (Lipinski definition) is 4. The van der Waals surface area contributed by atoms with Gasteiger partial charge in [-0.1, -0.05) is 19.9 Å². The van der Waals surface area contributed by atoms with E-state index in [9.17, 15) is 0 Å². The van der Waals surface area contributed by atoms with Crippen LogP contribution in [-0.4, -0.2) is 31.2 Å². The van der Waals surface area contributed by atoms with Crippen molar-refractivity contribution in [1.82, 2.24) is 24.6 Å². The Kier molecular flexibility index (Phi) is 4.29. The van der Waals surface area contributed by atoms with Gasteiger partial charge in [-0.25, -0.2) is 0 Å². The molecule has 2 aromatic heterocycles. The Labute approximate surface area is 126 Å². The van der Waals surface area contributed by atoms with E-state index in [0.29, 0.717) is 12.0 Å². The van der Waals surface area contributed by atoms with Gasteiger partial charge in [0, 0.05) is 25.5 Å². The van der Waals surface area contributed by atoms with Crippen molar-refractivity contribution in [2.75, 3.05) is 6.54 Å². The van der Waals surface area contributed by atoms with Crippen LogP contribution in [0, 0.1) is 5.92 Å². The fourth-order valence-corrected chi connectivity index (χ4v) is 3.09. The Balaban J connectivity index is 1.76. The molecule has 0 aromatic carbocycles. The standard InChI is InChI=1S/C16H23N5/c1-13(2)10-21-12-18-19-16(21)15-6-4-8-20(15)11-14-5-3-7-17-9-14/h3,5,7,9,12-13,15H,4,6,8,10-11H2,1-2H3/t15-/m0/s1. The van der Waals surface area contributed by atoms with Gasteiger partial charge in [-0.2, -0.15) is 0 Å². The first-order chi connectivity index (χ1) is 10.2. The highest BCUT2D eigenvalue weighted by Gasteiger charge is 2.29. The van der Waals surface area contributed by atoms with Crippen LogP contribution in [0.3, 0.4) is 0 Å². The van der Waals surface area contributed by atoms with E-state index >= 15 is 0 Å². The van der Waals surface area contributed by atoms with Gasteiger partial charge >= 0.3 is 0 Å². The summed E-state index contributed by atoms with van der Waals surface area (Å²) in [5.41, 5.74) is 1.26. The summed E-state index contributed by atoms with van der Waals surface area (Å²) >= 11 is 0. The Bertz CT molecular complexity index is 563. The molecule has 1 saturated heterocycles. The Hall–Kier alpha value is -1.75. The van der Waals surface area contributed by atoms with E-state index in [0.717, 1.165) is 31.9 Å². The number of nitrogens with zero attached hydrogens (tertiary/aromatic N) is 5. The number of rotatable bonds is 5. The second-order valence-electron chi connectivity index (χ2n) is 6.23. The van der Waals surface area contributed by atoms with E-state index in [2.05, 4.69) is 44.6 Å². The summed E-state index contributed by atoms with van der Waals surface area (Å²) in [7, 11) is 0. The summed E-state index contributed by atoms with van der Waals surface area (Å²) in [6, 6.07) is 4.52. The fraction of sp³-hybridized carbons (Fsp3) is 0.562. The number of likely N-dealkylation sites (tertiary alicyclic amines) is 1. The Morgan fingerprint density at radius 1 is 1.38 bits per heavy atom. The molecule has 3 rings (SSSR count). The molecule has 0 N–H and O–H groups in total. The van der Waals surface area contributed by atoms with Crippen molar-refractivity contribution in [3.63, 3.8) is 0 Å². The molecule has 0 radical (unpaired) electrons. The molecule has 21 heavy (non-hydrogen) atoms. The largest absolute Gasteiger partial charge is 0.316 e. The lowest BCUT2D eigenvalue weighted by Gasteiger charge is -2.24. The molecule has 0 amide bonds. The number of pyridine rings is 1. The smallest absolute Gasteiger partial charge is 0.150 e. The maximum absolute atomic E-state index is 4.40. The van der Waals surface area contributed by atoms with E-state index in [1.807, 2.05) is 24.8 Å². The molecule has 112 valence electrons. The van der Waals surface area contributed by atoms with Crippen molar-refractivity contribution in [2.45, 2.75) is 45.8 Å². The maximum Gasteiger partial charge on any atom is 0.150 e. The molecule has 0 saturated carbocycles. The molecule has 1 aliphatic rings. The van der Waals surface area contributed by atoms with E-state index < -0.39 is 0 Å². The molecule has 1 fully saturated rings. The first-order valence-electron chi connectivity index (χ1n) is 7.74. The molecular weight excluding hydrogens is 262 g/mol. The van der Waals surface area contributed by atoms with Crippen LogP contribution in [0.2, 0.25) is 0 Å². The average molecular weight is 285 g/mol. The summed E-state index contributed by atoms with van der Waals surface area (Å²) in [6.45, 7) is 7.50. The predicted molar refractivity (Wildman–Crippen MR) is 81.5 cm³/mol. The van der Waals surface area contributed by atoms with Crippen LogP contribution in [0.15, 0.2) is 30.9 Å². The highest BCUT2D eigenvalue weighted by atomic mass is 15.3. The quantitative estimate of drug-likeness (QED) is 0.847. The average Bonchev–Trinajstić information content (AvgIpc) is 3.08. The maximum atomic E-state index is 4.40. The zero-order chi connectivity index (χ0) is 14.7. The third-order valence-electron chi connectivity index (χ3n) is 3.98. The van der Waals surface area contributed by atoms with Gasteiger partial charge in [-0.15, -0.1) is 10.2 Å².